The zero-order valence-electron chi connectivity index (χ0n) is 27.7. The van der Waals surface area contributed by atoms with Crippen molar-refractivity contribution in [3.05, 3.63) is 76.3 Å². The Bertz CT molecular complexity index is 1900. The van der Waals surface area contributed by atoms with E-state index >= 15 is 4.39 Å². The summed E-state index contributed by atoms with van der Waals surface area (Å²) in [5, 5.41) is 21.7. The number of carbonyl (C=O) groups is 2. The van der Waals surface area contributed by atoms with E-state index in [-0.39, 0.29) is 17.9 Å². The summed E-state index contributed by atoms with van der Waals surface area (Å²) in [6.07, 6.45) is 5.35. The molecule has 1 aliphatic rings. The number of carboxylic acids is 1. The van der Waals surface area contributed by atoms with E-state index < -0.39 is 23.3 Å². The van der Waals surface area contributed by atoms with Crippen molar-refractivity contribution in [2.45, 2.75) is 59.5 Å². The Hall–Kier alpha value is -5.10. The number of carbonyl (C=O) groups excluding carboxylic acids is 1. The van der Waals surface area contributed by atoms with Crippen LogP contribution in [0, 0.1) is 19.7 Å². The number of carboxylic acid groups (broad SMARTS) is 1. The molecule has 0 bridgehead atoms. The Kier molecular flexibility index (Phi) is 10.4. The molecule has 0 aliphatic carbocycles. The van der Waals surface area contributed by atoms with Gasteiger partial charge in [-0.3, -0.25) is 19.6 Å². The molecule has 0 saturated carbocycles. The number of rotatable bonds is 7. The third-order valence-corrected chi connectivity index (χ3v) is 7.51. The number of benzene rings is 1. The van der Waals surface area contributed by atoms with Crippen molar-refractivity contribution in [1.29, 1.82) is 0 Å². The summed E-state index contributed by atoms with van der Waals surface area (Å²) < 4.78 is 22.9. The summed E-state index contributed by atoms with van der Waals surface area (Å²) in [6.45, 7) is 9.36. The van der Waals surface area contributed by atoms with Crippen LogP contribution in [0.5, 0.6) is 5.75 Å². The van der Waals surface area contributed by atoms with E-state index in [1.54, 1.807) is 46.9 Å². The topological polar surface area (TPSA) is 165 Å². The van der Waals surface area contributed by atoms with Crippen molar-refractivity contribution < 1.29 is 28.9 Å². The predicted octanol–water partition coefficient (Wildman–Crippen LogP) is 5.02. The van der Waals surface area contributed by atoms with E-state index in [0.717, 1.165) is 17.5 Å². The molecule has 0 radical (unpaired) electrons. The number of aliphatic imine (C=N–C) groups is 1. The molecule has 4 aromatic rings. The monoisotopic (exact) mass is 644 g/mol. The van der Waals surface area contributed by atoms with Gasteiger partial charge in [-0.1, -0.05) is 0 Å². The highest BCUT2D eigenvalue weighted by Gasteiger charge is 2.26. The number of aromatic nitrogens is 3. The number of halogens is 1. The molecular formula is C35H41FN6O5. The van der Waals surface area contributed by atoms with Gasteiger partial charge in [-0.2, -0.15) is 0 Å². The van der Waals surface area contributed by atoms with E-state index in [1.165, 1.54) is 24.7 Å². The average molecular weight is 645 g/mol. The third kappa shape index (κ3) is 7.83. The zero-order chi connectivity index (χ0) is 34.6. The fourth-order valence-corrected chi connectivity index (χ4v) is 5.52. The Labute approximate surface area is 273 Å². The zero-order valence-corrected chi connectivity index (χ0v) is 27.7. The second-order valence-corrected chi connectivity index (χ2v) is 12.3. The molecule has 5 N–H and O–H groups in total. The summed E-state index contributed by atoms with van der Waals surface area (Å²) >= 11 is 0. The van der Waals surface area contributed by atoms with Crippen molar-refractivity contribution in [1.82, 2.24) is 19.9 Å². The van der Waals surface area contributed by atoms with E-state index in [1.807, 2.05) is 24.6 Å². The summed E-state index contributed by atoms with van der Waals surface area (Å²) in [6, 6.07) is 6.74. The Morgan fingerprint density at radius 1 is 1.23 bits per heavy atom. The van der Waals surface area contributed by atoms with Gasteiger partial charge in [0.25, 0.3) is 5.91 Å². The van der Waals surface area contributed by atoms with Crippen LogP contribution in [0.4, 0.5) is 4.39 Å². The number of fused-ring (bicyclic) bond motifs is 2. The molecule has 5 rings (SSSR count). The van der Waals surface area contributed by atoms with Gasteiger partial charge in [-0.25, -0.2) is 9.37 Å². The number of amides is 1. The van der Waals surface area contributed by atoms with Crippen molar-refractivity contribution in [3.8, 4) is 28.1 Å². The molecule has 0 fully saturated rings. The van der Waals surface area contributed by atoms with Crippen LogP contribution in [0.15, 0.2) is 47.4 Å². The van der Waals surface area contributed by atoms with Crippen LogP contribution < -0.4 is 15.8 Å². The number of allylic oxidation sites excluding steroid dienone is 1. The van der Waals surface area contributed by atoms with Gasteiger partial charge in [-0.05, 0) is 94.0 Å². The summed E-state index contributed by atoms with van der Waals surface area (Å²) in [4.78, 5) is 37.7. The van der Waals surface area contributed by atoms with Crippen molar-refractivity contribution >= 4 is 29.1 Å². The normalized spacial score (nSPS) is 13.2. The minimum Gasteiger partial charge on any atom is -0.490 e. The first kappa shape index (κ1) is 34.8. The maximum Gasteiger partial charge on any atom is 0.307 e. The van der Waals surface area contributed by atoms with Crippen LogP contribution in [-0.2, 0) is 24.7 Å². The standard InChI is InChI=1S/C31H31FN6O4.C4H10O/c1-16-20-6-5-9-42-29(20)24(32)11-21(16)28-22(13-27(39)40)17(2)36-30-23(28)12-26(38(30)4)18-7-8-35-25(10-18)31(41)37-19(14-33)15-34-3;1-4(2,3)5/h7-8,10-12,14-15H,5-6,9,13,33H2,1-4H3,(H,37,41)(H,39,40);5H,1-3H3/b19-14+,34-15?;. The SMILES string of the molecule is CC(C)(C)O.CN=C/C(=C\N)NC(=O)c1cc(-c2cc3c(-c4cc(F)c5c(c4C)CCCO5)c(CC(=O)O)c(C)nc3n2C)ccn1. The number of pyridine rings is 2. The molecule has 4 heterocycles. The molecule has 0 unspecified atom stereocenters. The lowest BCUT2D eigenvalue weighted by Gasteiger charge is -2.23. The molecule has 1 aromatic carbocycles. The van der Waals surface area contributed by atoms with Crippen LogP contribution in [0.2, 0.25) is 0 Å². The molecule has 0 spiro atoms. The first-order valence-corrected chi connectivity index (χ1v) is 15.1. The van der Waals surface area contributed by atoms with Gasteiger partial charge in [0.05, 0.1) is 30.0 Å². The second-order valence-electron chi connectivity index (χ2n) is 12.3. The molecule has 47 heavy (non-hydrogen) atoms. The van der Waals surface area contributed by atoms with Crippen LogP contribution in [0.25, 0.3) is 33.4 Å². The summed E-state index contributed by atoms with van der Waals surface area (Å²) in [5.41, 5.74) is 11.5. The highest BCUT2D eigenvalue weighted by atomic mass is 19.1. The van der Waals surface area contributed by atoms with Gasteiger partial charge in [-0.15, -0.1) is 0 Å². The van der Waals surface area contributed by atoms with Crippen LogP contribution >= 0.6 is 0 Å². The van der Waals surface area contributed by atoms with Gasteiger partial charge in [0.2, 0.25) is 0 Å². The average Bonchev–Trinajstić information content (AvgIpc) is 3.33. The van der Waals surface area contributed by atoms with Crippen LogP contribution in [-0.4, -0.2) is 62.1 Å². The second kappa shape index (κ2) is 14.1. The number of aryl methyl sites for hydroxylation is 2. The lowest BCUT2D eigenvalue weighted by atomic mass is 9.87. The molecule has 0 atom stereocenters. The first-order valence-electron chi connectivity index (χ1n) is 15.1. The fraction of sp³-hybridized carbons (Fsp3) is 0.343. The van der Waals surface area contributed by atoms with E-state index in [4.69, 9.17) is 20.6 Å². The first-order chi connectivity index (χ1) is 22.1. The number of hydrogen-bond donors (Lipinski definition) is 4. The maximum atomic E-state index is 15.4. The minimum atomic E-state index is -1.01. The number of nitrogens with two attached hydrogens (primary N) is 1. The largest absolute Gasteiger partial charge is 0.490 e. The number of aliphatic carboxylic acids is 1. The van der Waals surface area contributed by atoms with Gasteiger partial charge in [0, 0.05) is 54.9 Å². The fourth-order valence-electron chi connectivity index (χ4n) is 5.52. The number of aliphatic hydroxyl groups is 1. The Morgan fingerprint density at radius 3 is 2.57 bits per heavy atom. The highest BCUT2D eigenvalue weighted by Crippen LogP contribution is 2.43. The van der Waals surface area contributed by atoms with Gasteiger partial charge >= 0.3 is 5.97 Å². The Balaban J connectivity index is 0.000000930. The maximum absolute atomic E-state index is 15.4. The Morgan fingerprint density at radius 2 is 1.94 bits per heavy atom. The minimum absolute atomic E-state index is 0.158. The molecule has 1 aliphatic heterocycles. The van der Waals surface area contributed by atoms with Gasteiger partial charge < -0.3 is 30.6 Å². The smallest absolute Gasteiger partial charge is 0.307 e. The number of hydrogen-bond acceptors (Lipinski definition) is 8. The number of nitrogens with zero attached hydrogens (tertiary/aromatic N) is 4. The molecule has 248 valence electrons. The van der Waals surface area contributed by atoms with Crippen molar-refractivity contribution in [2.24, 2.45) is 17.8 Å². The molecule has 3 aromatic heterocycles. The van der Waals surface area contributed by atoms with Crippen molar-refractivity contribution in [3.63, 3.8) is 0 Å². The van der Waals surface area contributed by atoms with E-state index in [2.05, 4.69) is 15.3 Å². The van der Waals surface area contributed by atoms with Crippen LogP contribution in [0.3, 0.4) is 0 Å². The molecule has 1 amide bonds. The quantitative estimate of drug-likeness (QED) is 0.204. The highest BCUT2D eigenvalue weighted by molar-refractivity contribution is 6.02. The van der Waals surface area contributed by atoms with Crippen LogP contribution in [0.1, 0.15) is 60.1 Å². The predicted molar refractivity (Wildman–Crippen MR) is 180 cm³/mol. The lowest BCUT2D eigenvalue weighted by molar-refractivity contribution is -0.136. The number of nitrogens with one attached hydrogen (secondary N) is 1. The molecule has 0 saturated heterocycles. The number of ether oxygens (including phenoxy) is 1. The van der Waals surface area contributed by atoms with Crippen molar-refractivity contribution in [2.75, 3.05) is 13.7 Å². The van der Waals surface area contributed by atoms with Gasteiger partial charge in [0.1, 0.15) is 11.3 Å². The van der Waals surface area contributed by atoms with E-state index in [0.29, 0.717) is 63.4 Å². The summed E-state index contributed by atoms with van der Waals surface area (Å²) in [7, 11) is 3.40. The van der Waals surface area contributed by atoms with E-state index in [9.17, 15) is 14.7 Å². The van der Waals surface area contributed by atoms with Gasteiger partial charge in [0.15, 0.2) is 11.6 Å². The third-order valence-electron chi connectivity index (χ3n) is 7.51. The molecule has 11 nitrogen and oxygen atoms in total. The molecule has 12 heteroatoms. The summed E-state index contributed by atoms with van der Waals surface area (Å²) in [5.74, 6) is -1.69. The molecular weight excluding hydrogens is 603 g/mol. The lowest BCUT2D eigenvalue weighted by Crippen LogP contribution is -2.25.